The monoisotopic (exact) mass is 1060 g/mol. The van der Waals surface area contributed by atoms with E-state index in [1.54, 1.807) is 24.3 Å². The molecule has 1 fully saturated rings. The number of amides is 4. The Balaban J connectivity index is 1.02. The maximum atomic E-state index is 13.8. The van der Waals surface area contributed by atoms with E-state index in [1.165, 1.54) is 12.3 Å². The number of alkyl halides is 2. The van der Waals surface area contributed by atoms with E-state index >= 15 is 0 Å². The molecule has 1 saturated heterocycles. The predicted molar refractivity (Wildman–Crippen MR) is 258 cm³/mol. The first-order chi connectivity index (χ1) is 36.0. The molecule has 26 heteroatoms. The number of fused-ring (bicyclic) bond motifs is 1. The van der Waals surface area contributed by atoms with Gasteiger partial charge in [0.1, 0.15) is 6.04 Å². The van der Waals surface area contributed by atoms with E-state index in [9.17, 15) is 32.8 Å². The van der Waals surface area contributed by atoms with Crippen molar-refractivity contribution in [2.45, 2.75) is 37.6 Å². The van der Waals surface area contributed by atoms with Crippen molar-refractivity contribution in [3.63, 3.8) is 0 Å². The fraction of sp³-hybridized carbons (Fsp3) is 0.688. The van der Waals surface area contributed by atoms with E-state index in [1.807, 2.05) is 0 Å². The lowest BCUT2D eigenvalue weighted by Crippen LogP contribution is -2.43. The zero-order chi connectivity index (χ0) is 53.3. The number of aliphatic carboxylic acids is 1. The molecule has 0 unspecified atom stereocenters. The Kier molecular flexibility index (Phi) is 34.3. The molecular formula is C48H72F2N6O18. The number of likely N-dealkylation sites (tertiary alicyclic amines) is 1. The first kappa shape index (κ1) is 63.1. The van der Waals surface area contributed by atoms with Crippen molar-refractivity contribution >= 4 is 46.2 Å². The van der Waals surface area contributed by atoms with Crippen molar-refractivity contribution in [2.24, 2.45) is 0 Å². The fourth-order valence-electron chi connectivity index (χ4n) is 6.49. The summed E-state index contributed by atoms with van der Waals surface area (Å²) in [4.78, 5) is 66.0. The van der Waals surface area contributed by atoms with Crippen LogP contribution in [0.15, 0.2) is 30.5 Å². The third-order valence-corrected chi connectivity index (χ3v) is 10.1. The number of nitriles is 1. The number of hydrogen-bond donors (Lipinski definition) is 4. The number of nitrogens with one attached hydrogen (secondary N) is 3. The normalized spacial score (nSPS) is 14.0. The van der Waals surface area contributed by atoms with Gasteiger partial charge in [0.05, 0.1) is 201 Å². The molecule has 2 aromatic rings. The molecule has 1 aromatic carbocycles. The molecule has 74 heavy (non-hydrogen) atoms. The number of rotatable bonds is 46. The van der Waals surface area contributed by atoms with E-state index in [0.717, 1.165) is 4.90 Å². The minimum Gasteiger partial charge on any atom is -0.481 e. The van der Waals surface area contributed by atoms with Crippen molar-refractivity contribution in [2.75, 3.05) is 184 Å². The second-order valence-corrected chi connectivity index (χ2v) is 15.9. The molecule has 2 heterocycles. The summed E-state index contributed by atoms with van der Waals surface area (Å²) < 4.78 is 92.7. The van der Waals surface area contributed by atoms with Crippen LogP contribution in [-0.2, 0) is 76.0 Å². The molecule has 4 amide bonds. The molecule has 0 radical (unpaired) electrons. The Labute approximate surface area is 429 Å². The standard InChI is InChI=1S/C48H72F2N6O18/c49-48(50)34-38(35-51)56(37-48)44(59)36-54-47(62)40-6-8-53-46-39(40)2-1-3-41(46)55-43(58)5-4-42(57)52-9-11-64-13-15-66-17-19-68-21-23-70-25-27-72-29-31-74-33-32-73-30-28-71-26-24-69-22-20-67-18-16-65-14-12-63-10-7-45(60)61/h1-3,6,8,38H,4-5,7,9-34,36-37H2,(H,52,57)(H,54,62)(H,55,58)(H,60,61)/t38-/m0/s1. The van der Waals surface area contributed by atoms with Crippen LogP contribution >= 0.6 is 0 Å². The molecule has 416 valence electrons. The van der Waals surface area contributed by atoms with Gasteiger partial charge in [-0.1, -0.05) is 12.1 Å². The number of carboxylic acids is 1. The molecule has 0 aliphatic carbocycles. The van der Waals surface area contributed by atoms with E-state index in [2.05, 4.69) is 20.9 Å². The number of benzene rings is 1. The van der Waals surface area contributed by atoms with Gasteiger partial charge >= 0.3 is 5.97 Å². The van der Waals surface area contributed by atoms with Gasteiger partial charge in [-0.05, 0) is 12.1 Å². The maximum Gasteiger partial charge on any atom is 0.305 e. The Morgan fingerprint density at radius 1 is 0.608 bits per heavy atom. The van der Waals surface area contributed by atoms with Gasteiger partial charge in [0.15, 0.2) is 0 Å². The zero-order valence-corrected chi connectivity index (χ0v) is 41.9. The van der Waals surface area contributed by atoms with Crippen LogP contribution in [0.3, 0.4) is 0 Å². The second-order valence-electron chi connectivity index (χ2n) is 15.9. The number of halogens is 2. The first-order valence-corrected chi connectivity index (χ1v) is 24.4. The molecule has 4 N–H and O–H groups in total. The number of pyridine rings is 1. The van der Waals surface area contributed by atoms with Crippen LogP contribution in [0.25, 0.3) is 10.9 Å². The Morgan fingerprint density at radius 2 is 1.04 bits per heavy atom. The highest BCUT2D eigenvalue weighted by molar-refractivity contribution is 6.10. The molecular weight excluding hydrogens is 987 g/mol. The molecule has 1 atom stereocenters. The topological polar surface area (TPSA) is 292 Å². The van der Waals surface area contributed by atoms with Gasteiger partial charge < -0.3 is 82.8 Å². The summed E-state index contributed by atoms with van der Waals surface area (Å²) in [5, 5.41) is 25.8. The van der Waals surface area contributed by atoms with Crippen LogP contribution < -0.4 is 16.0 Å². The minimum absolute atomic E-state index is 0.0208. The lowest BCUT2D eigenvalue weighted by molar-refractivity contribution is -0.138. The molecule has 3 rings (SSSR count). The molecule has 0 spiro atoms. The van der Waals surface area contributed by atoms with Crippen LogP contribution in [-0.4, -0.2) is 235 Å². The van der Waals surface area contributed by atoms with Crippen LogP contribution in [0.2, 0.25) is 0 Å². The van der Waals surface area contributed by atoms with Crippen molar-refractivity contribution in [1.82, 2.24) is 20.5 Å². The number of nitrogens with zero attached hydrogens (tertiary/aromatic N) is 3. The van der Waals surface area contributed by atoms with Crippen LogP contribution in [0.5, 0.6) is 0 Å². The van der Waals surface area contributed by atoms with Gasteiger partial charge in [-0.25, -0.2) is 8.78 Å². The summed E-state index contributed by atoms with van der Waals surface area (Å²) in [7, 11) is 0. The predicted octanol–water partition coefficient (Wildman–Crippen LogP) is 1.23. The summed E-state index contributed by atoms with van der Waals surface area (Å²) in [6.45, 7) is 8.32. The second kappa shape index (κ2) is 40.2. The van der Waals surface area contributed by atoms with Gasteiger partial charge in [0.2, 0.25) is 17.7 Å². The fourth-order valence-corrected chi connectivity index (χ4v) is 6.49. The summed E-state index contributed by atoms with van der Waals surface area (Å²) in [5.41, 5.74) is 0.693. The van der Waals surface area contributed by atoms with Gasteiger partial charge in [-0.3, -0.25) is 29.0 Å². The quantitative estimate of drug-likeness (QED) is 0.0678. The van der Waals surface area contributed by atoms with Crippen molar-refractivity contribution in [3.8, 4) is 6.07 Å². The Morgan fingerprint density at radius 3 is 1.49 bits per heavy atom. The minimum atomic E-state index is -3.18. The third kappa shape index (κ3) is 29.7. The average Bonchev–Trinajstić information content (AvgIpc) is 3.72. The smallest absolute Gasteiger partial charge is 0.305 e. The number of hydrogen-bond acceptors (Lipinski definition) is 19. The Bertz CT molecular complexity index is 1950. The SMILES string of the molecule is N#C[C@@H]1CC(F)(F)CN1C(=O)CNC(=O)c1ccnc2c(NC(=O)CCC(=O)NCCOCCOCCOCCOCCOCCOCCOCCOCCOCCOCCOCCOCCC(=O)O)cccc12. The number of carbonyl (C=O) groups excluding carboxylic acids is 4. The molecule has 1 aromatic heterocycles. The van der Waals surface area contributed by atoms with E-state index in [0.29, 0.717) is 156 Å². The molecule has 0 bridgehead atoms. The van der Waals surface area contributed by atoms with E-state index < -0.39 is 55.2 Å². The van der Waals surface area contributed by atoms with Crippen LogP contribution in [0, 0.1) is 11.3 Å². The summed E-state index contributed by atoms with van der Waals surface area (Å²) in [5.74, 6) is -6.38. The molecule has 0 saturated carbocycles. The lowest BCUT2D eigenvalue weighted by atomic mass is 10.1. The summed E-state index contributed by atoms with van der Waals surface area (Å²) in [6, 6.07) is 6.58. The van der Waals surface area contributed by atoms with E-state index in [-0.39, 0.29) is 56.0 Å². The lowest BCUT2D eigenvalue weighted by Gasteiger charge is -2.19. The van der Waals surface area contributed by atoms with Gasteiger partial charge in [0, 0.05) is 37.4 Å². The highest BCUT2D eigenvalue weighted by atomic mass is 19.3. The highest BCUT2D eigenvalue weighted by Gasteiger charge is 2.47. The molecule has 1 aliphatic heterocycles. The van der Waals surface area contributed by atoms with Gasteiger partial charge in [-0.2, -0.15) is 5.26 Å². The number of anilines is 1. The number of carboxylic acid groups (broad SMARTS) is 1. The summed E-state index contributed by atoms with van der Waals surface area (Å²) in [6.07, 6.45) is 0.336. The molecule has 24 nitrogen and oxygen atoms in total. The zero-order valence-electron chi connectivity index (χ0n) is 41.9. The van der Waals surface area contributed by atoms with Gasteiger partial charge in [0.25, 0.3) is 11.8 Å². The van der Waals surface area contributed by atoms with Crippen molar-refractivity contribution in [3.05, 3.63) is 36.0 Å². The first-order valence-electron chi connectivity index (χ1n) is 24.4. The van der Waals surface area contributed by atoms with Crippen LogP contribution in [0.1, 0.15) is 36.0 Å². The number of carbonyl (C=O) groups is 5. The number of para-hydroxylation sites is 1. The largest absolute Gasteiger partial charge is 0.481 e. The average molecular weight is 1060 g/mol. The molecule has 1 aliphatic rings. The van der Waals surface area contributed by atoms with Crippen molar-refractivity contribution in [1.29, 1.82) is 5.26 Å². The Hall–Kier alpha value is -5.15. The third-order valence-electron chi connectivity index (χ3n) is 10.1. The maximum absolute atomic E-state index is 13.8. The van der Waals surface area contributed by atoms with Crippen molar-refractivity contribution < 1.29 is 94.7 Å². The highest BCUT2D eigenvalue weighted by Crippen LogP contribution is 2.31. The number of aromatic nitrogens is 1. The van der Waals surface area contributed by atoms with Crippen LogP contribution in [0.4, 0.5) is 14.5 Å². The summed E-state index contributed by atoms with van der Waals surface area (Å²) >= 11 is 0. The van der Waals surface area contributed by atoms with E-state index in [4.69, 9.17) is 67.2 Å². The number of ether oxygens (including phenoxy) is 12. The van der Waals surface area contributed by atoms with Gasteiger partial charge in [-0.15, -0.1) is 0 Å².